The molecule has 11 heteroatoms. The number of fused-ring (bicyclic) bond motifs is 1. The Bertz CT molecular complexity index is 875. The van der Waals surface area contributed by atoms with Crippen molar-refractivity contribution in [3.05, 3.63) is 18.5 Å². The largest absolute Gasteiger partial charge is 0.417 e. The van der Waals surface area contributed by atoms with Gasteiger partial charge in [0.1, 0.15) is 5.52 Å². The molecule has 1 aliphatic rings. The van der Waals surface area contributed by atoms with E-state index < -0.39 is 6.61 Å². The van der Waals surface area contributed by atoms with Crippen LogP contribution in [0.1, 0.15) is 18.9 Å². The molecule has 3 aromatic rings. The maximum absolute atomic E-state index is 12.2. The van der Waals surface area contributed by atoms with Gasteiger partial charge in [0.25, 0.3) is 0 Å². The van der Waals surface area contributed by atoms with Crippen molar-refractivity contribution >= 4 is 22.8 Å². The van der Waals surface area contributed by atoms with Crippen LogP contribution in [0.5, 0.6) is 5.88 Å². The van der Waals surface area contributed by atoms with Gasteiger partial charge in [-0.05, 0) is 18.8 Å². The van der Waals surface area contributed by atoms with Crippen LogP contribution in [-0.2, 0) is 0 Å². The first-order valence-electron chi connectivity index (χ1n) is 7.70. The van der Waals surface area contributed by atoms with Crippen molar-refractivity contribution in [3.63, 3.8) is 0 Å². The number of ether oxygens (including phenoxy) is 1. The molecule has 0 atom stereocenters. The first-order valence-corrected chi connectivity index (χ1v) is 7.70. The lowest BCUT2D eigenvalue weighted by Crippen LogP contribution is -2.29. The Kier molecular flexibility index (Phi) is 3.92. The summed E-state index contributed by atoms with van der Waals surface area (Å²) in [6, 6.07) is 1.49. The van der Waals surface area contributed by atoms with Crippen LogP contribution in [0.25, 0.3) is 11.2 Å². The fraction of sp³-hybridized carbons (Fsp3) is 0.429. The van der Waals surface area contributed by atoms with Gasteiger partial charge in [-0.1, -0.05) is 0 Å². The zero-order valence-electron chi connectivity index (χ0n) is 12.9. The summed E-state index contributed by atoms with van der Waals surface area (Å²) < 4.78 is 30.4. The topological polar surface area (TPSA) is 114 Å². The molecule has 0 saturated heterocycles. The number of nitrogens with one attached hydrogen (secondary N) is 2. The molecular weight excluding hydrogens is 336 g/mol. The number of hydrogen-bond donors (Lipinski definition) is 3. The van der Waals surface area contributed by atoms with Gasteiger partial charge >= 0.3 is 6.61 Å². The first-order chi connectivity index (χ1) is 12.1. The van der Waals surface area contributed by atoms with Crippen molar-refractivity contribution in [2.45, 2.75) is 25.5 Å². The Hall–Kier alpha value is -2.82. The number of H-pyrrole nitrogens is 1. The highest BCUT2D eigenvalue weighted by atomic mass is 19.3. The smallest absolute Gasteiger partial charge is 0.388 e. The summed E-state index contributed by atoms with van der Waals surface area (Å²) in [5.74, 6) is 0.832. The van der Waals surface area contributed by atoms with Crippen LogP contribution < -0.4 is 10.1 Å². The summed E-state index contributed by atoms with van der Waals surface area (Å²) in [6.45, 7) is -2.75. The first kappa shape index (κ1) is 15.7. The molecule has 9 nitrogen and oxygen atoms in total. The number of aromatic nitrogens is 6. The van der Waals surface area contributed by atoms with E-state index in [4.69, 9.17) is 5.11 Å². The van der Waals surface area contributed by atoms with Crippen molar-refractivity contribution in [2.75, 3.05) is 11.9 Å². The Morgan fingerprint density at radius 2 is 2.20 bits per heavy atom. The van der Waals surface area contributed by atoms with Gasteiger partial charge in [-0.15, -0.1) is 0 Å². The molecule has 1 fully saturated rings. The predicted octanol–water partition coefficient (Wildman–Crippen LogP) is 1.84. The van der Waals surface area contributed by atoms with E-state index in [1.807, 2.05) is 0 Å². The number of hydrogen-bond acceptors (Lipinski definition) is 7. The molecule has 0 radical (unpaired) electrons. The minimum atomic E-state index is -2.93. The molecule has 0 unspecified atom stereocenters. The fourth-order valence-electron chi connectivity index (χ4n) is 2.85. The number of nitrogens with zero attached hydrogens (tertiary/aromatic N) is 5. The van der Waals surface area contributed by atoms with E-state index in [9.17, 15) is 8.78 Å². The van der Waals surface area contributed by atoms with E-state index in [-0.39, 0.29) is 24.3 Å². The second kappa shape index (κ2) is 6.24. The summed E-state index contributed by atoms with van der Waals surface area (Å²) in [4.78, 5) is 8.76. The third-order valence-electron chi connectivity index (χ3n) is 4.14. The Morgan fingerprint density at radius 1 is 1.36 bits per heavy atom. The Morgan fingerprint density at radius 3 is 2.96 bits per heavy atom. The molecule has 132 valence electrons. The van der Waals surface area contributed by atoms with Gasteiger partial charge in [-0.25, -0.2) is 19.7 Å². The van der Waals surface area contributed by atoms with E-state index in [1.54, 1.807) is 10.9 Å². The second-order valence-electron chi connectivity index (χ2n) is 5.85. The molecule has 3 N–H and O–H groups in total. The SMILES string of the molecule is OCC1CC(n2ncc3ncc(Nc4cc(OC(F)F)[nH]n4)nc32)C1. The van der Waals surface area contributed by atoms with Crippen molar-refractivity contribution < 1.29 is 18.6 Å². The van der Waals surface area contributed by atoms with Crippen molar-refractivity contribution in [1.29, 1.82) is 0 Å². The average Bonchev–Trinajstić information content (AvgIpc) is 3.13. The highest BCUT2D eigenvalue weighted by Crippen LogP contribution is 2.38. The standard InChI is InChI=1S/C14H15F2N7O2/c15-14(16)25-12-3-10(21-22-12)19-11-5-17-9-4-18-23(13(9)20-11)8-1-7(2-8)6-24/h3-5,7-8,14,24H,1-2,6H2,(H2,19,20,21,22). The molecular formula is C14H15F2N7O2. The third-order valence-corrected chi connectivity index (χ3v) is 4.14. The molecule has 0 aromatic carbocycles. The van der Waals surface area contributed by atoms with E-state index in [2.05, 4.69) is 35.3 Å². The fourth-order valence-corrected chi connectivity index (χ4v) is 2.85. The van der Waals surface area contributed by atoms with Crippen molar-refractivity contribution in [3.8, 4) is 5.88 Å². The number of rotatable bonds is 6. The average molecular weight is 351 g/mol. The summed E-state index contributed by atoms with van der Waals surface area (Å²) in [6.07, 6.45) is 4.84. The minimum absolute atomic E-state index is 0.152. The molecule has 0 spiro atoms. The molecule has 1 aliphatic carbocycles. The molecule has 0 amide bonds. The quantitative estimate of drug-likeness (QED) is 0.621. The molecule has 4 rings (SSSR count). The predicted molar refractivity (Wildman–Crippen MR) is 82.7 cm³/mol. The van der Waals surface area contributed by atoms with Crippen LogP contribution in [0.3, 0.4) is 0 Å². The Balaban J connectivity index is 1.53. The van der Waals surface area contributed by atoms with Gasteiger partial charge in [-0.3, -0.25) is 0 Å². The molecule has 25 heavy (non-hydrogen) atoms. The van der Waals surface area contributed by atoms with Gasteiger partial charge in [0, 0.05) is 12.7 Å². The van der Waals surface area contributed by atoms with Gasteiger partial charge < -0.3 is 15.2 Å². The number of aliphatic hydroxyl groups is 1. The zero-order chi connectivity index (χ0) is 17.4. The summed E-state index contributed by atoms with van der Waals surface area (Å²) >= 11 is 0. The van der Waals surface area contributed by atoms with Crippen LogP contribution in [0, 0.1) is 5.92 Å². The van der Waals surface area contributed by atoms with E-state index >= 15 is 0 Å². The molecule has 1 saturated carbocycles. The minimum Gasteiger partial charge on any atom is -0.417 e. The lowest BCUT2D eigenvalue weighted by Gasteiger charge is -2.34. The lowest BCUT2D eigenvalue weighted by molar-refractivity contribution is -0.0528. The van der Waals surface area contributed by atoms with Crippen LogP contribution >= 0.6 is 0 Å². The third kappa shape index (κ3) is 3.09. The van der Waals surface area contributed by atoms with Gasteiger partial charge in [0.2, 0.25) is 5.88 Å². The molecule has 0 aliphatic heterocycles. The second-order valence-corrected chi connectivity index (χ2v) is 5.85. The normalized spacial score (nSPS) is 20.0. The summed E-state index contributed by atoms with van der Waals surface area (Å²) in [7, 11) is 0. The number of aliphatic hydroxyl groups excluding tert-OH is 1. The van der Waals surface area contributed by atoms with Crippen LogP contribution in [0.4, 0.5) is 20.4 Å². The highest BCUT2D eigenvalue weighted by Gasteiger charge is 2.31. The van der Waals surface area contributed by atoms with Gasteiger partial charge in [0.15, 0.2) is 17.3 Å². The van der Waals surface area contributed by atoms with Crippen molar-refractivity contribution in [1.82, 2.24) is 29.9 Å². The summed E-state index contributed by atoms with van der Waals surface area (Å²) in [5.41, 5.74) is 1.27. The number of anilines is 2. The van der Waals surface area contributed by atoms with E-state index in [0.717, 1.165) is 12.8 Å². The maximum Gasteiger partial charge on any atom is 0.388 e. The van der Waals surface area contributed by atoms with Gasteiger partial charge in [-0.2, -0.15) is 19.0 Å². The van der Waals surface area contributed by atoms with Crippen molar-refractivity contribution in [2.24, 2.45) is 5.92 Å². The highest BCUT2D eigenvalue weighted by molar-refractivity contribution is 5.72. The number of halogens is 2. The number of alkyl halides is 2. The van der Waals surface area contributed by atoms with E-state index in [1.165, 1.54) is 12.3 Å². The molecule has 0 bridgehead atoms. The Labute approximate surface area is 140 Å². The monoisotopic (exact) mass is 351 g/mol. The number of aromatic amines is 1. The maximum atomic E-state index is 12.2. The molecule has 3 heterocycles. The van der Waals surface area contributed by atoms with Crippen LogP contribution in [0.2, 0.25) is 0 Å². The van der Waals surface area contributed by atoms with Crippen LogP contribution in [-0.4, -0.2) is 48.3 Å². The van der Waals surface area contributed by atoms with E-state index in [0.29, 0.717) is 22.9 Å². The zero-order valence-corrected chi connectivity index (χ0v) is 12.9. The van der Waals surface area contributed by atoms with Crippen LogP contribution in [0.15, 0.2) is 18.5 Å². The summed E-state index contributed by atoms with van der Waals surface area (Å²) in [5, 5.41) is 22.5. The molecule has 3 aromatic heterocycles. The van der Waals surface area contributed by atoms with Gasteiger partial charge in [0.05, 0.1) is 18.4 Å². The lowest BCUT2D eigenvalue weighted by atomic mass is 9.81.